The topological polar surface area (TPSA) is 22.2 Å². The fourth-order valence-electron chi connectivity index (χ4n) is 5.27. The summed E-state index contributed by atoms with van der Waals surface area (Å²) in [5.74, 6) is 1.75. The molecule has 1 aliphatic carbocycles. The highest BCUT2D eigenvalue weighted by Gasteiger charge is 2.35. The molecule has 2 aromatic rings. The van der Waals surface area contributed by atoms with Gasteiger partial charge in [0.1, 0.15) is 11.5 Å². The molecule has 0 saturated heterocycles. The molecule has 8 bridgehead atoms. The van der Waals surface area contributed by atoms with Crippen molar-refractivity contribution in [3.05, 3.63) is 73.3 Å². The molecule has 2 unspecified atom stereocenters. The Morgan fingerprint density at radius 3 is 1.70 bits per heavy atom. The smallest absolute Gasteiger partial charge is 0.129 e. The van der Waals surface area contributed by atoms with Crippen molar-refractivity contribution < 1.29 is 4.74 Å². The third-order valence-corrected chi connectivity index (χ3v) is 6.84. The molecule has 154 valence electrons. The van der Waals surface area contributed by atoms with Gasteiger partial charge < -0.3 is 24.3 Å². The highest BCUT2D eigenvalue weighted by molar-refractivity contribution is 5.57. The first-order chi connectivity index (χ1) is 14.8. The van der Waals surface area contributed by atoms with Crippen LogP contribution in [0.5, 0.6) is 11.5 Å². The molecule has 2 aromatic carbocycles. The Kier molecular flexibility index (Phi) is 4.33. The van der Waals surface area contributed by atoms with Crippen molar-refractivity contribution in [2.45, 2.75) is 44.2 Å². The fourth-order valence-corrected chi connectivity index (χ4v) is 5.27. The molecule has 5 heteroatoms. The number of benzene rings is 2. The maximum absolute atomic E-state index is 6.23. The van der Waals surface area contributed by atoms with Gasteiger partial charge in [-0.15, -0.1) is 0 Å². The van der Waals surface area contributed by atoms with Crippen LogP contribution in [0, 0.1) is 0 Å². The van der Waals surface area contributed by atoms with Crippen molar-refractivity contribution in [3.63, 3.8) is 0 Å². The molecule has 30 heavy (non-hydrogen) atoms. The summed E-state index contributed by atoms with van der Waals surface area (Å²) in [5.41, 5.74) is 2.35. The van der Waals surface area contributed by atoms with E-state index >= 15 is 0 Å². The molecular formula is C25H28N4O. The van der Waals surface area contributed by atoms with Crippen LogP contribution in [0.4, 0.5) is 11.4 Å². The van der Waals surface area contributed by atoms with E-state index in [1.165, 1.54) is 43.5 Å². The third-order valence-electron chi connectivity index (χ3n) is 6.84. The van der Waals surface area contributed by atoms with Gasteiger partial charge in [0, 0.05) is 48.3 Å². The Hall–Kier alpha value is -3.08. The minimum Gasteiger partial charge on any atom is -0.457 e. The summed E-state index contributed by atoms with van der Waals surface area (Å²) in [4.78, 5) is 9.77. The lowest BCUT2D eigenvalue weighted by Crippen LogP contribution is -2.49. The van der Waals surface area contributed by atoms with Crippen LogP contribution in [-0.4, -0.2) is 35.2 Å². The molecule has 6 rings (SSSR count). The molecule has 3 aliphatic heterocycles. The van der Waals surface area contributed by atoms with E-state index in [4.69, 9.17) is 4.74 Å². The van der Waals surface area contributed by atoms with Crippen molar-refractivity contribution in [2.75, 3.05) is 23.1 Å². The largest absolute Gasteiger partial charge is 0.457 e. The van der Waals surface area contributed by atoms with E-state index < -0.39 is 0 Å². The second kappa shape index (κ2) is 7.31. The van der Waals surface area contributed by atoms with Crippen LogP contribution in [-0.2, 0) is 0 Å². The zero-order chi connectivity index (χ0) is 19.9. The summed E-state index contributed by atoms with van der Waals surface area (Å²) >= 11 is 0. The second-order valence-electron chi connectivity index (χ2n) is 8.72. The Balaban J connectivity index is 1.42. The second-order valence-corrected chi connectivity index (χ2v) is 8.72. The van der Waals surface area contributed by atoms with Crippen molar-refractivity contribution in [3.8, 4) is 11.5 Å². The summed E-state index contributed by atoms with van der Waals surface area (Å²) < 4.78 is 6.23. The number of nitrogens with zero attached hydrogens (tertiary/aromatic N) is 4. The average molecular weight is 401 g/mol. The minimum absolute atomic E-state index is 0.536. The average Bonchev–Trinajstić information content (AvgIpc) is 3.39. The number of ether oxygens (including phenoxy) is 1. The van der Waals surface area contributed by atoms with E-state index in [0.29, 0.717) is 12.1 Å². The fraction of sp³-hybridized carbons (Fsp3) is 0.360. The number of anilines is 2. The molecule has 2 atom stereocenters. The van der Waals surface area contributed by atoms with Gasteiger partial charge in [-0.05, 0) is 37.1 Å². The molecule has 4 aliphatic rings. The monoisotopic (exact) mass is 400 g/mol. The molecule has 0 spiro atoms. The van der Waals surface area contributed by atoms with Crippen molar-refractivity contribution >= 4 is 11.4 Å². The summed E-state index contributed by atoms with van der Waals surface area (Å²) in [6, 6.07) is 17.9. The van der Waals surface area contributed by atoms with Crippen molar-refractivity contribution in [1.82, 2.24) is 9.80 Å². The van der Waals surface area contributed by atoms with Gasteiger partial charge in [0.05, 0.1) is 25.4 Å². The van der Waals surface area contributed by atoms with Gasteiger partial charge in [0.2, 0.25) is 0 Å². The Morgan fingerprint density at radius 1 is 0.633 bits per heavy atom. The van der Waals surface area contributed by atoms with Gasteiger partial charge in [-0.3, -0.25) is 0 Å². The summed E-state index contributed by atoms with van der Waals surface area (Å²) in [6.07, 6.45) is 15.5. The Labute approximate surface area is 178 Å². The number of fused-ring (bicyclic) bond motifs is 13. The number of hydrogen-bond acceptors (Lipinski definition) is 5. The first-order valence-electron chi connectivity index (χ1n) is 11.1. The van der Waals surface area contributed by atoms with E-state index in [0.717, 1.165) is 24.8 Å². The predicted octanol–water partition coefficient (Wildman–Crippen LogP) is 5.30. The molecule has 0 amide bonds. The molecular weight excluding hydrogens is 372 g/mol. The van der Waals surface area contributed by atoms with Gasteiger partial charge in [-0.2, -0.15) is 0 Å². The molecule has 3 heterocycles. The van der Waals surface area contributed by atoms with E-state index in [2.05, 4.69) is 80.8 Å². The normalized spacial score (nSPS) is 24.8. The minimum atomic E-state index is 0.536. The predicted molar refractivity (Wildman–Crippen MR) is 120 cm³/mol. The molecule has 0 N–H and O–H groups in total. The Bertz CT molecular complexity index is 909. The van der Waals surface area contributed by atoms with Gasteiger partial charge in [-0.25, -0.2) is 0 Å². The molecule has 0 aromatic heterocycles. The first kappa shape index (κ1) is 17.8. The van der Waals surface area contributed by atoms with Gasteiger partial charge in [0.25, 0.3) is 0 Å². The number of rotatable bonds is 0. The number of hydrogen-bond donors (Lipinski definition) is 0. The van der Waals surface area contributed by atoms with Crippen molar-refractivity contribution in [1.29, 1.82) is 0 Å². The van der Waals surface area contributed by atoms with E-state index in [-0.39, 0.29) is 0 Å². The van der Waals surface area contributed by atoms with Crippen LogP contribution < -0.4 is 14.5 Å². The summed E-state index contributed by atoms with van der Waals surface area (Å²) in [5, 5.41) is 0. The maximum Gasteiger partial charge on any atom is 0.129 e. The summed E-state index contributed by atoms with van der Waals surface area (Å²) in [6.45, 7) is 1.80. The molecule has 5 nitrogen and oxygen atoms in total. The van der Waals surface area contributed by atoms with Crippen LogP contribution in [0.25, 0.3) is 0 Å². The lowest BCUT2D eigenvalue weighted by atomic mass is 10.0. The maximum atomic E-state index is 6.23. The summed E-state index contributed by atoms with van der Waals surface area (Å²) in [7, 11) is 0. The van der Waals surface area contributed by atoms with Crippen LogP contribution in [0.1, 0.15) is 32.1 Å². The zero-order valence-electron chi connectivity index (χ0n) is 17.2. The SMILES string of the molecule is C1=CN2CN1c1cccc(c1)Oc1cccc(c1)N1C=CN(C1)C1CCCCCC12. The highest BCUT2D eigenvalue weighted by Crippen LogP contribution is 2.35. The van der Waals surface area contributed by atoms with Crippen LogP contribution in [0.2, 0.25) is 0 Å². The Morgan fingerprint density at radius 2 is 1.17 bits per heavy atom. The molecule has 1 saturated carbocycles. The quantitative estimate of drug-likeness (QED) is 0.597. The molecule has 1 fully saturated rings. The lowest BCUT2D eigenvalue weighted by Gasteiger charge is -2.39. The van der Waals surface area contributed by atoms with Crippen LogP contribution >= 0.6 is 0 Å². The highest BCUT2D eigenvalue weighted by atomic mass is 16.5. The standard InChI is InChI=1S/C25H28N4O/c1-2-10-24-25(11-3-1)29-15-13-27(19-29)21-7-5-9-23(17-21)30-22-8-4-6-20(16-22)26-12-14-28(24)18-26/h4-9,12-17,24-25H,1-3,10-11,18-19H2. The van der Waals surface area contributed by atoms with Crippen LogP contribution in [0.3, 0.4) is 0 Å². The van der Waals surface area contributed by atoms with Gasteiger partial charge in [-0.1, -0.05) is 31.4 Å². The van der Waals surface area contributed by atoms with Gasteiger partial charge >= 0.3 is 0 Å². The molecule has 0 radical (unpaired) electrons. The van der Waals surface area contributed by atoms with Crippen LogP contribution in [0.15, 0.2) is 73.3 Å². The first-order valence-corrected chi connectivity index (χ1v) is 11.1. The van der Waals surface area contributed by atoms with E-state index in [1.807, 2.05) is 12.1 Å². The van der Waals surface area contributed by atoms with E-state index in [1.54, 1.807) is 0 Å². The van der Waals surface area contributed by atoms with E-state index in [9.17, 15) is 0 Å². The van der Waals surface area contributed by atoms with Crippen molar-refractivity contribution in [2.24, 2.45) is 0 Å². The zero-order valence-corrected chi connectivity index (χ0v) is 17.2. The van der Waals surface area contributed by atoms with Gasteiger partial charge in [0.15, 0.2) is 0 Å². The lowest BCUT2D eigenvalue weighted by molar-refractivity contribution is 0.148. The third kappa shape index (κ3) is 3.18.